The van der Waals surface area contributed by atoms with Gasteiger partial charge in [0.15, 0.2) is 0 Å². The molecular weight excluding hydrogens is 318 g/mol. The number of nitrogens with zero attached hydrogens (tertiary/aromatic N) is 2. The molecule has 0 atom stereocenters. The van der Waals surface area contributed by atoms with Gasteiger partial charge in [0, 0.05) is 19.2 Å². The smallest absolute Gasteiger partial charge is 0.242 e. The van der Waals surface area contributed by atoms with E-state index in [2.05, 4.69) is 25.6 Å². The van der Waals surface area contributed by atoms with Gasteiger partial charge in [-0.2, -0.15) is 5.26 Å². The Balaban J connectivity index is 2.91. The van der Waals surface area contributed by atoms with Gasteiger partial charge in [-0.05, 0) is 22.0 Å². The fourth-order valence-corrected chi connectivity index (χ4v) is 2.48. The van der Waals surface area contributed by atoms with E-state index in [0.29, 0.717) is 4.47 Å². The van der Waals surface area contributed by atoms with Crippen LogP contribution in [0.5, 0.6) is 0 Å². The molecule has 0 spiro atoms. The molecule has 86 valence electrons. The molecule has 0 aliphatic heterocycles. The van der Waals surface area contributed by atoms with Crippen LogP contribution in [-0.4, -0.2) is 19.9 Å². The second-order valence-electron chi connectivity index (χ2n) is 2.75. The van der Waals surface area contributed by atoms with Gasteiger partial charge in [-0.1, -0.05) is 11.6 Å². The van der Waals surface area contributed by atoms with Gasteiger partial charge < -0.3 is 0 Å². The molecule has 8 heteroatoms. The first-order valence-corrected chi connectivity index (χ1v) is 6.80. The van der Waals surface area contributed by atoms with Crippen molar-refractivity contribution < 1.29 is 8.42 Å². The average molecular weight is 325 g/mol. The van der Waals surface area contributed by atoms with Crippen molar-refractivity contribution in [3.05, 3.63) is 21.9 Å². The van der Waals surface area contributed by atoms with Gasteiger partial charge in [0.2, 0.25) is 10.0 Å². The number of nitrogens with one attached hydrogen (secondary N) is 1. The first kappa shape index (κ1) is 13.4. The molecule has 0 aliphatic rings. The molecule has 1 aromatic heterocycles. The Morgan fingerprint density at radius 2 is 2.31 bits per heavy atom. The number of nitriles is 1. The van der Waals surface area contributed by atoms with Crippen molar-refractivity contribution in [1.82, 2.24) is 9.71 Å². The van der Waals surface area contributed by atoms with Gasteiger partial charge in [-0.25, -0.2) is 18.1 Å². The summed E-state index contributed by atoms with van der Waals surface area (Å²) in [5.41, 5.74) is 0. The zero-order chi connectivity index (χ0) is 12.2. The highest BCUT2D eigenvalue weighted by Gasteiger charge is 2.15. The average Bonchev–Trinajstić information content (AvgIpc) is 2.22. The lowest BCUT2D eigenvalue weighted by atomic mass is 10.5. The predicted octanol–water partition coefficient (Wildman–Crippen LogP) is 1.69. The summed E-state index contributed by atoms with van der Waals surface area (Å²) in [6.07, 6.45) is 1.27. The fraction of sp³-hybridized carbons (Fsp3) is 0.250. The molecule has 0 fully saturated rings. The molecule has 0 saturated heterocycles. The topological polar surface area (TPSA) is 82.9 Å². The van der Waals surface area contributed by atoms with E-state index in [0.717, 1.165) is 6.20 Å². The van der Waals surface area contributed by atoms with Crippen LogP contribution in [0.15, 0.2) is 21.6 Å². The van der Waals surface area contributed by atoms with Gasteiger partial charge in [0.05, 0.1) is 10.5 Å². The third-order valence-electron chi connectivity index (χ3n) is 1.61. The molecule has 1 heterocycles. The van der Waals surface area contributed by atoms with Crippen LogP contribution in [-0.2, 0) is 10.0 Å². The summed E-state index contributed by atoms with van der Waals surface area (Å²) in [5.74, 6) is 0. The van der Waals surface area contributed by atoms with E-state index in [1.54, 1.807) is 0 Å². The normalized spacial score (nSPS) is 11.1. The number of hydrogen-bond acceptors (Lipinski definition) is 4. The second-order valence-corrected chi connectivity index (χ2v) is 5.73. The van der Waals surface area contributed by atoms with Crippen LogP contribution in [0, 0.1) is 11.3 Å². The molecule has 1 N–H and O–H groups in total. The molecule has 0 unspecified atom stereocenters. The fourth-order valence-electron chi connectivity index (χ4n) is 0.875. The maximum absolute atomic E-state index is 11.6. The predicted molar refractivity (Wildman–Crippen MR) is 62.4 cm³/mol. The highest BCUT2D eigenvalue weighted by molar-refractivity contribution is 9.10. The van der Waals surface area contributed by atoms with Crippen molar-refractivity contribution in [1.29, 1.82) is 5.26 Å². The van der Waals surface area contributed by atoms with E-state index in [-0.39, 0.29) is 23.0 Å². The zero-order valence-corrected chi connectivity index (χ0v) is 11.1. The van der Waals surface area contributed by atoms with Crippen molar-refractivity contribution >= 4 is 37.6 Å². The summed E-state index contributed by atoms with van der Waals surface area (Å²) >= 11 is 8.72. The molecule has 0 aromatic carbocycles. The van der Waals surface area contributed by atoms with Crippen LogP contribution in [0.25, 0.3) is 0 Å². The van der Waals surface area contributed by atoms with Crippen LogP contribution >= 0.6 is 27.5 Å². The van der Waals surface area contributed by atoms with E-state index >= 15 is 0 Å². The summed E-state index contributed by atoms with van der Waals surface area (Å²) in [6, 6.07) is 3.19. The number of halogens is 2. The third kappa shape index (κ3) is 3.42. The Bertz CT molecular complexity index is 527. The van der Waals surface area contributed by atoms with Crippen LogP contribution in [0.1, 0.15) is 6.42 Å². The molecule has 5 nitrogen and oxygen atoms in total. The number of aromatic nitrogens is 1. The van der Waals surface area contributed by atoms with Crippen LogP contribution in [0.3, 0.4) is 0 Å². The Kier molecular flexibility index (Phi) is 4.68. The van der Waals surface area contributed by atoms with Gasteiger partial charge in [0.25, 0.3) is 0 Å². The van der Waals surface area contributed by atoms with E-state index in [1.165, 1.54) is 6.07 Å². The van der Waals surface area contributed by atoms with Crippen molar-refractivity contribution in [3.63, 3.8) is 0 Å². The van der Waals surface area contributed by atoms with Gasteiger partial charge in [-0.15, -0.1) is 0 Å². The zero-order valence-electron chi connectivity index (χ0n) is 7.94. The molecule has 1 aromatic rings. The molecule has 0 aliphatic carbocycles. The van der Waals surface area contributed by atoms with E-state index in [1.807, 2.05) is 6.07 Å². The van der Waals surface area contributed by atoms with Gasteiger partial charge in [0.1, 0.15) is 10.0 Å². The molecule has 0 saturated carbocycles. The Morgan fingerprint density at radius 1 is 1.62 bits per heavy atom. The van der Waals surface area contributed by atoms with Crippen LogP contribution < -0.4 is 4.72 Å². The van der Waals surface area contributed by atoms with Gasteiger partial charge in [-0.3, -0.25) is 0 Å². The van der Waals surface area contributed by atoms with Crippen LogP contribution in [0.2, 0.25) is 5.15 Å². The molecule has 0 radical (unpaired) electrons. The molecule has 0 amide bonds. The molecule has 0 bridgehead atoms. The molecular formula is C8H7BrClN3O2S. The third-order valence-corrected chi connectivity index (χ3v) is 4.17. The SMILES string of the molecule is N#CCCNS(=O)(=O)c1cnc(Cl)c(Br)c1. The largest absolute Gasteiger partial charge is 0.242 e. The van der Waals surface area contributed by atoms with Crippen LogP contribution in [0.4, 0.5) is 0 Å². The monoisotopic (exact) mass is 323 g/mol. The Hall–Kier alpha value is -0.680. The van der Waals surface area contributed by atoms with Crippen molar-refractivity contribution in [2.45, 2.75) is 11.3 Å². The highest BCUT2D eigenvalue weighted by atomic mass is 79.9. The number of sulfonamides is 1. The first-order chi connectivity index (χ1) is 7.47. The first-order valence-electron chi connectivity index (χ1n) is 4.15. The lowest BCUT2D eigenvalue weighted by molar-refractivity contribution is 0.582. The summed E-state index contributed by atoms with van der Waals surface area (Å²) < 4.78 is 26.0. The van der Waals surface area contributed by atoms with E-state index in [4.69, 9.17) is 16.9 Å². The number of hydrogen-bond donors (Lipinski definition) is 1. The number of rotatable bonds is 4. The summed E-state index contributed by atoms with van der Waals surface area (Å²) in [6.45, 7) is 0.0685. The lowest BCUT2D eigenvalue weighted by Crippen LogP contribution is -2.24. The van der Waals surface area contributed by atoms with E-state index in [9.17, 15) is 8.42 Å². The highest BCUT2D eigenvalue weighted by Crippen LogP contribution is 2.22. The van der Waals surface area contributed by atoms with Crippen molar-refractivity contribution in [2.24, 2.45) is 0 Å². The Morgan fingerprint density at radius 3 is 2.88 bits per heavy atom. The quantitative estimate of drug-likeness (QED) is 0.675. The lowest BCUT2D eigenvalue weighted by Gasteiger charge is -2.05. The maximum atomic E-state index is 11.6. The summed E-state index contributed by atoms with van der Waals surface area (Å²) in [7, 11) is -3.62. The minimum absolute atomic E-state index is 0.00159. The van der Waals surface area contributed by atoms with Crippen molar-refractivity contribution in [3.8, 4) is 6.07 Å². The maximum Gasteiger partial charge on any atom is 0.242 e. The molecule has 1 rings (SSSR count). The minimum atomic E-state index is -3.62. The second kappa shape index (κ2) is 5.59. The standard InChI is InChI=1S/C8H7BrClN3O2S/c9-7-4-6(5-12-8(7)10)16(14,15)13-3-1-2-11/h4-5,13H,1,3H2. The number of pyridine rings is 1. The Labute approximate surface area is 107 Å². The summed E-state index contributed by atoms with van der Waals surface area (Å²) in [5, 5.41) is 8.48. The minimum Gasteiger partial charge on any atom is -0.242 e. The summed E-state index contributed by atoms with van der Waals surface area (Å²) in [4.78, 5) is 3.71. The molecule has 16 heavy (non-hydrogen) atoms. The van der Waals surface area contributed by atoms with Gasteiger partial charge >= 0.3 is 0 Å². The van der Waals surface area contributed by atoms with E-state index < -0.39 is 10.0 Å². The van der Waals surface area contributed by atoms with Crippen molar-refractivity contribution in [2.75, 3.05) is 6.54 Å².